The first-order valence-electron chi connectivity index (χ1n) is 20.5. The summed E-state index contributed by atoms with van der Waals surface area (Å²) < 4.78 is 24.2. The Bertz CT molecular complexity index is 463. The molecule has 45 heavy (non-hydrogen) atoms. The summed E-state index contributed by atoms with van der Waals surface area (Å²) in [5, 5.41) is 0. The maximum absolute atomic E-state index is 6.17. The third-order valence-electron chi connectivity index (χ3n) is 9.22. The summed E-state index contributed by atoms with van der Waals surface area (Å²) in [7, 11) is 2.35. The molecular formula is C40H83O4P. The molecule has 4 nitrogen and oxygen atoms in total. The highest BCUT2D eigenvalue weighted by molar-refractivity contribution is 7.09. The predicted octanol–water partition coefficient (Wildman–Crippen LogP) is 14.4. The first kappa shape index (κ1) is 45.3. The lowest BCUT2D eigenvalue weighted by Crippen LogP contribution is -2.40. The Morgan fingerprint density at radius 1 is 0.289 bits per heavy atom. The second kappa shape index (κ2) is 38.7. The van der Waals surface area contributed by atoms with Crippen LogP contribution in [0.15, 0.2) is 0 Å². The van der Waals surface area contributed by atoms with E-state index >= 15 is 0 Å². The molecule has 0 bridgehead atoms. The van der Waals surface area contributed by atoms with Gasteiger partial charge in [0.15, 0.2) is 0 Å². The van der Waals surface area contributed by atoms with E-state index in [1.54, 1.807) is 0 Å². The van der Waals surface area contributed by atoms with Crippen molar-refractivity contribution in [2.24, 2.45) is 0 Å². The molecule has 5 heteroatoms. The molecule has 0 aromatic heterocycles. The molecule has 1 unspecified atom stereocenters. The third kappa shape index (κ3) is 33.9. The maximum Gasteiger partial charge on any atom is 0.415 e. The standard InChI is InChI=1S/C40H83O4P/c1-4-7-10-13-16-19-22-25-28-31-34-37-41-40(44-45,42-38-35-32-29-26-23-20-17-14-11-8-5-2)43-39-36-33-30-27-24-21-18-15-12-9-6-3/h4-39,45H2,1-3H3. The average Bonchev–Trinajstić information content (AvgIpc) is 3.05. The van der Waals surface area contributed by atoms with E-state index in [0.717, 1.165) is 19.3 Å². The van der Waals surface area contributed by atoms with E-state index in [9.17, 15) is 0 Å². The van der Waals surface area contributed by atoms with Crippen molar-refractivity contribution in [3.05, 3.63) is 0 Å². The Balaban J connectivity index is 4.21. The molecule has 0 aliphatic heterocycles. The second-order valence-corrected chi connectivity index (χ2v) is 14.0. The summed E-state index contributed by atoms with van der Waals surface area (Å²) in [4.78, 5) is 0. The second-order valence-electron chi connectivity index (χ2n) is 13.8. The SMILES string of the molecule is CCCCCCCCCCCCCOC(OP)(OCCCCCCCCCCCCC)OCCCCCCCCCCCCC. The highest BCUT2D eigenvalue weighted by Gasteiger charge is 2.34. The van der Waals surface area contributed by atoms with Gasteiger partial charge < -0.3 is 14.2 Å². The summed E-state index contributed by atoms with van der Waals surface area (Å²) >= 11 is 0. The Morgan fingerprint density at radius 3 is 0.644 bits per heavy atom. The Kier molecular flexibility index (Phi) is 38.9. The van der Waals surface area contributed by atoms with Gasteiger partial charge >= 0.3 is 6.16 Å². The molecule has 0 aromatic rings. The minimum absolute atomic E-state index is 0.613. The predicted molar refractivity (Wildman–Crippen MR) is 201 cm³/mol. The number of ether oxygens (including phenoxy) is 3. The summed E-state index contributed by atoms with van der Waals surface area (Å²) in [5.41, 5.74) is 0. The molecule has 0 aliphatic rings. The van der Waals surface area contributed by atoms with E-state index in [2.05, 4.69) is 30.2 Å². The fraction of sp³-hybridized carbons (Fsp3) is 1.00. The van der Waals surface area contributed by atoms with Crippen LogP contribution in [-0.4, -0.2) is 26.0 Å². The smallest absolute Gasteiger partial charge is 0.303 e. The van der Waals surface area contributed by atoms with Crippen LogP contribution in [0.4, 0.5) is 0 Å². The van der Waals surface area contributed by atoms with E-state index in [-0.39, 0.29) is 0 Å². The van der Waals surface area contributed by atoms with Crippen molar-refractivity contribution >= 4 is 9.47 Å². The van der Waals surface area contributed by atoms with Crippen molar-refractivity contribution < 1.29 is 18.7 Å². The highest BCUT2D eigenvalue weighted by Crippen LogP contribution is 2.24. The van der Waals surface area contributed by atoms with Crippen LogP contribution in [0.25, 0.3) is 0 Å². The Labute approximate surface area is 286 Å². The van der Waals surface area contributed by atoms with Gasteiger partial charge in [0.2, 0.25) is 0 Å². The summed E-state index contributed by atoms with van der Waals surface area (Å²) in [5.74, 6) is 0. The van der Waals surface area contributed by atoms with Crippen LogP contribution in [0, 0.1) is 0 Å². The molecule has 0 N–H and O–H groups in total. The normalized spacial score (nSPS) is 12.0. The molecular weight excluding hydrogens is 575 g/mol. The van der Waals surface area contributed by atoms with Crippen LogP contribution in [0.1, 0.15) is 233 Å². The Morgan fingerprint density at radius 2 is 0.467 bits per heavy atom. The zero-order valence-corrected chi connectivity index (χ0v) is 32.3. The van der Waals surface area contributed by atoms with Gasteiger partial charge in [0.05, 0.1) is 19.8 Å². The van der Waals surface area contributed by atoms with Crippen molar-refractivity contribution in [2.45, 2.75) is 239 Å². The van der Waals surface area contributed by atoms with Crippen LogP contribution in [0.3, 0.4) is 0 Å². The molecule has 0 heterocycles. The summed E-state index contributed by atoms with van der Waals surface area (Å²) in [6.45, 7) is 8.70. The van der Waals surface area contributed by atoms with Gasteiger partial charge in [-0.25, -0.2) is 0 Å². The lowest BCUT2D eigenvalue weighted by molar-refractivity contribution is -0.468. The van der Waals surface area contributed by atoms with Crippen LogP contribution in [0.5, 0.6) is 0 Å². The van der Waals surface area contributed by atoms with Gasteiger partial charge in [0.25, 0.3) is 0 Å². The highest BCUT2D eigenvalue weighted by atomic mass is 31.0. The van der Waals surface area contributed by atoms with Crippen molar-refractivity contribution in [1.29, 1.82) is 0 Å². The van der Waals surface area contributed by atoms with Crippen LogP contribution < -0.4 is 0 Å². The van der Waals surface area contributed by atoms with Crippen molar-refractivity contribution in [3.63, 3.8) is 0 Å². The first-order valence-corrected chi connectivity index (χ1v) is 21.0. The zero-order chi connectivity index (χ0) is 32.8. The fourth-order valence-electron chi connectivity index (χ4n) is 6.12. The maximum atomic E-state index is 6.17. The molecule has 0 rings (SSSR count). The van der Waals surface area contributed by atoms with E-state index in [1.165, 1.54) is 193 Å². The van der Waals surface area contributed by atoms with Gasteiger partial charge in [0, 0.05) is 9.47 Å². The van der Waals surface area contributed by atoms with Gasteiger partial charge in [-0.15, -0.1) is 0 Å². The van der Waals surface area contributed by atoms with Crippen LogP contribution >= 0.6 is 9.47 Å². The number of unbranched alkanes of at least 4 members (excludes halogenated alkanes) is 30. The molecule has 0 spiro atoms. The molecule has 272 valence electrons. The number of hydrogen-bond donors (Lipinski definition) is 0. The molecule has 0 amide bonds. The third-order valence-corrected chi connectivity index (χ3v) is 9.51. The molecule has 0 saturated heterocycles. The minimum atomic E-state index is -1.37. The van der Waals surface area contributed by atoms with E-state index < -0.39 is 6.16 Å². The van der Waals surface area contributed by atoms with Gasteiger partial charge in [-0.1, -0.05) is 213 Å². The van der Waals surface area contributed by atoms with Gasteiger partial charge in [-0.3, -0.25) is 4.52 Å². The fourth-order valence-corrected chi connectivity index (χ4v) is 6.32. The largest absolute Gasteiger partial charge is 0.415 e. The number of rotatable bonds is 40. The quantitative estimate of drug-likeness (QED) is 0.0373. The Hall–Kier alpha value is 0.270. The minimum Gasteiger partial charge on any atom is -0.303 e. The molecule has 0 radical (unpaired) electrons. The topological polar surface area (TPSA) is 36.9 Å². The lowest BCUT2D eigenvalue weighted by Gasteiger charge is -2.30. The van der Waals surface area contributed by atoms with Crippen molar-refractivity contribution in [1.82, 2.24) is 0 Å². The molecule has 0 saturated carbocycles. The summed E-state index contributed by atoms with van der Waals surface area (Å²) in [6.07, 6.45) is 42.3. The first-order chi connectivity index (χ1) is 22.2. The van der Waals surface area contributed by atoms with Crippen LogP contribution in [0.2, 0.25) is 0 Å². The van der Waals surface area contributed by atoms with Gasteiger partial charge in [-0.2, -0.15) is 0 Å². The average molecular weight is 659 g/mol. The molecule has 0 aliphatic carbocycles. The monoisotopic (exact) mass is 659 g/mol. The van der Waals surface area contributed by atoms with Gasteiger partial charge in [0.1, 0.15) is 0 Å². The van der Waals surface area contributed by atoms with Gasteiger partial charge in [-0.05, 0) is 19.3 Å². The van der Waals surface area contributed by atoms with Crippen molar-refractivity contribution in [3.8, 4) is 0 Å². The lowest BCUT2D eigenvalue weighted by atomic mass is 10.1. The molecule has 0 fully saturated rings. The van der Waals surface area contributed by atoms with Crippen molar-refractivity contribution in [2.75, 3.05) is 19.8 Å². The number of hydrogen-bond acceptors (Lipinski definition) is 4. The van der Waals surface area contributed by atoms with Crippen LogP contribution in [-0.2, 0) is 18.7 Å². The van der Waals surface area contributed by atoms with E-state index in [1.807, 2.05) is 0 Å². The zero-order valence-electron chi connectivity index (χ0n) is 31.2. The molecule has 1 atom stereocenters. The van der Waals surface area contributed by atoms with E-state index in [4.69, 9.17) is 18.7 Å². The molecule has 0 aromatic carbocycles. The summed E-state index contributed by atoms with van der Waals surface area (Å²) in [6, 6.07) is 0. The van der Waals surface area contributed by atoms with E-state index in [0.29, 0.717) is 19.8 Å².